The highest BCUT2D eigenvalue weighted by molar-refractivity contribution is 9.10. The number of rotatable bonds is 6. The summed E-state index contributed by atoms with van der Waals surface area (Å²) in [4.78, 5) is 13.1. The van der Waals surface area contributed by atoms with Crippen molar-refractivity contribution >= 4 is 21.9 Å². The molecule has 1 aromatic rings. The van der Waals surface area contributed by atoms with Crippen LogP contribution in [0.1, 0.15) is 39.1 Å². The molecule has 5 nitrogen and oxygen atoms in total. The predicted octanol–water partition coefficient (Wildman–Crippen LogP) is 2.52. The molecule has 108 valence electrons. The fraction of sp³-hybridized carbons (Fsp3) is 0.692. The molecule has 0 aliphatic heterocycles. The Hall–Kier alpha value is -0.880. The van der Waals surface area contributed by atoms with Crippen molar-refractivity contribution in [3.05, 3.63) is 15.9 Å². The molecule has 0 aromatic carbocycles. The molecule has 0 atom stereocenters. The number of hydrogen-bond donors (Lipinski definition) is 1. The summed E-state index contributed by atoms with van der Waals surface area (Å²) in [6.45, 7) is 8.82. The van der Waals surface area contributed by atoms with Crippen LogP contribution in [-0.4, -0.2) is 38.3 Å². The first-order valence-corrected chi connectivity index (χ1v) is 7.23. The normalized spacial score (nSPS) is 12.2. The SMILES string of the molecule is CCc1nn(CC)c(CN(C)C(C)(C)C(=O)O)c1Br. The van der Waals surface area contributed by atoms with Gasteiger partial charge in [0.05, 0.1) is 15.9 Å². The Bertz CT molecular complexity index is 469. The Kier molecular flexibility index (Phi) is 5.15. The van der Waals surface area contributed by atoms with Gasteiger partial charge in [-0.05, 0) is 50.2 Å². The quantitative estimate of drug-likeness (QED) is 0.870. The molecule has 0 fully saturated rings. The predicted molar refractivity (Wildman–Crippen MR) is 78.2 cm³/mol. The van der Waals surface area contributed by atoms with Crippen molar-refractivity contribution in [3.8, 4) is 0 Å². The zero-order valence-corrected chi connectivity index (χ0v) is 13.8. The van der Waals surface area contributed by atoms with Gasteiger partial charge in [0.25, 0.3) is 0 Å². The van der Waals surface area contributed by atoms with Crippen molar-refractivity contribution in [1.29, 1.82) is 0 Å². The lowest BCUT2D eigenvalue weighted by molar-refractivity contribution is -0.148. The average molecular weight is 332 g/mol. The molecule has 0 spiro atoms. The van der Waals surface area contributed by atoms with Gasteiger partial charge in [0.2, 0.25) is 0 Å². The highest BCUT2D eigenvalue weighted by atomic mass is 79.9. The number of hydrogen-bond acceptors (Lipinski definition) is 3. The van der Waals surface area contributed by atoms with Gasteiger partial charge in [0.1, 0.15) is 5.54 Å². The van der Waals surface area contributed by atoms with Crippen molar-refractivity contribution in [3.63, 3.8) is 0 Å². The van der Waals surface area contributed by atoms with Crippen LogP contribution in [-0.2, 0) is 24.3 Å². The third-order valence-corrected chi connectivity index (χ3v) is 4.47. The summed E-state index contributed by atoms with van der Waals surface area (Å²) < 4.78 is 2.92. The van der Waals surface area contributed by atoms with Crippen molar-refractivity contribution in [2.24, 2.45) is 0 Å². The molecule has 0 amide bonds. The van der Waals surface area contributed by atoms with Crippen LogP contribution in [0, 0.1) is 0 Å². The maximum absolute atomic E-state index is 11.3. The van der Waals surface area contributed by atoms with Crippen LogP contribution in [0.5, 0.6) is 0 Å². The summed E-state index contributed by atoms with van der Waals surface area (Å²) in [6, 6.07) is 0. The van der Waals surface area contributed by atoms with E-state index in [0.717, 1.165) is 28.8 Å². The lowest BCUT2D eigenvalue weighted by Gasteiger charge is -2.31. The molecule has 1 N–H and O–H groups in total. The second-order valence-electron chi connectivity index (χ2n) is 5.10. The largest absolute Gasteiger partial charge is 0.480 e. The standard InChI is InChI=1S/C13H22BrN3O2/c1-6-9-11(14)10(17(7-2)15-9)8-16(5)13(3,4)12(18)19/h6-8H2,1-5H3,(H,18,19). The molecule has 19 heavy (non-hydrogen) atoms. The first kappa shape index (κ1) is 16.2. The van der Waals surface area contributed by atoms with Gasteiger partial charge in [0, 0.05) is 13.1 Å². The maximum Gasteiger partial charge on any atom is 0.323 e. The molecule has 0 saturated heterocycles. The van der Waals surface area contributed by atoms with E-state index in [0.29, 0.717) is 6.54 Å². The van der Waals surface area contributed by atoms with Crippen LogP contribution in [0.15, 0.2) is 4.47 Å². The number of aryl methyl sites for hydroxylation is 2. The van der Waals surface area contributed by atoms with Gasteiger partial charge in [-0.3, -0.25) is 14.4 Å². The van der Waals surface area contributed by atoms with Crippen molar-refractivity contribution in [1.82, 2.24) is 14.7 Å². The molecule has 0 aliphatic rings. The monoisotopic (exact) mass is 331 g/mol. The van der Waals surface area contributed by atoms with Gasteiger partial charge in [-0.2, -0.15) is 5.10 Å². The number of aliphatic carboxylic acids is 1. The Morgan fingerprint density at radius 3 is 2.47 bits per heavy atom. The number of nitrogens with zero attached hydrogens (tertiary/aromatic N) is 3. The Morgan fingerprint density at radius 2 is 2.05 bits per heavy atom. The lowest BCUT2D eigenvalue weighted by Crippen LogP contribution is -2.47. The zero-order valence-electron chi connectivity index (χ0n) is 12.2. The third-order valence-electron chi connectivity index (χ3n) is 3.56. The van der Waals surface area contributed by atoms with Gasteiger partial charge in [0.15, 0.2) is 0 Å². The number of carbonyl (C=O) groups is 1. The minimum atomic E-state index is -0.908. The van der Waals surface area contributed by atoms with E-state index in [1.807, 2.05) is 23.6 Å². The molecular weight excluding hydrogens is 310 g/mol. The van der Waals surface area contributed by atoms with E-state index in [4.69, 9.17) is 0 Å². The first-order valence-electron chi connectivity index (χ1n) is 6.44. The van der Waals surface area contributed by atoms with E-state index in [1.54, 1.807) is 13.8 Å². The lowest BCUT2D eigenvalue weighted by atomic mass is 10.0. The van der Waals surface area contributed by atoms with Crippen LogP contribution in [0.4, 0.5) is 0 Å². The van der Waals surface area contributed by atoms with Gasteiger partial charge >= 0.3 is 5.97 Å². The van der Waals surface area contributed by atoms with E-state index in [-0.39, 0.29) is 0 Å². The van der Waals surface area contributed by atoms with Crippen LogP contribution in [0.2, 0.25) is 0 Å². The van der Waals surface area contributed by atoms with E-state index in [9.17, 15) is 9.90 Å². The summed E-state index contributed by atoms with van der Waals surface area (Å²) in [7, 11) is 1.82. The fourth-order valence-electron chi connectivity index (χ4n) is 1.75. The summed E-state index contributed by atoms with van der Waals surface area (Å²) in [5.41, 5.74) is 1.13. The zero-order chi connectivity index (χ0) is 14.8. The summed E-state index contributed by atoms with van der Waals surface area (Å²) in [6.07, 6.45) is 0.854. The molecular formula is C13H22BrN3O2. The van der Waals surface area contributed by atoms with Gasteiger partial charge in [-0.15, -0.1) is 0 Å². The minimum Gasteiger partial charge on any atom is -0.480 e. The van der Waals surface area contributed by atoms with Crippen LogP contribution >= 0.6 is 15.9 Å². The van der Waals surface area contributed by atoms with Crippen molar-refractivity contribution in [2.75, 3.05) is 7.05 Å². The van der Waals surface area contributed by atoms with Crippen LogP contribution in [0.25, 0.3) is 0 Å². The molecule has 0 bridgehead atoms. The highest BCUT2D eigenvalue weighted by Gasteiger charge is 2.33. The van der Waals surface area contributed by atoms with Gasteiger partial charge < -0.3 is 5.11 Å². The summed E-state index contributed by atoms with van der Waals surface area (Å²) in [5, 5.41) is 13.8. The number of carboxylic acid groups (broad SMARTS) is 1. The number of carboxylic acids is 1. The molecule has 0 radical (unpaired) electrons. The highest BCUT2D eigenvalue weighted by Crippen LogP contribution is 2.25. The topological polar surface area (TPSA) is 58.4 Å². The number of halogens is 1. The minimum absolute atomic E-state index is 0.542. The van der Waals surface area contributed by atoms with E-state index >= 15 is 0 Å². The van der Waals surface area contributed by atoms with E-state index in [1.165, 1.54) is 0 Å². The smallest absolute Gasteiger partial charge is 0.323 e. The van der Waals surface area contributed by atoms with E-state index in [2.05, 4.69) is 28.0 Å². The maximum atomic E-state index is 11.3. The average Bonchev–Trinajstić information content (AvgIpc) is 2.65. The number of aromatic nitrogens is 2. The second-order valence-corrected chi connectivity index (χ2v) is 5.89. The summed E-state index contributed by atoms with van der Waals surface area (Å²) >= 11 is 3.58. The second kappa shape index (κ2) is 6.05. The van der Waals surface area contributed by atoms with Gasteiger partial charge in [-0.1, -0.05) is 6.92 Å². The molecule has 1 aromatic heterocycles. The fourth-order valence-corrected chi connectivity index (χ4v) is 2.44. The molecule has 6 heteroatoms. The molecule has 1 heterocycles. The summed E-state index contributed by atoms with van der Waals surface area (Å²) in [5.74, 6) is -0.829. The van der Waals surface area contributed by atoms with E-state index < -0.39 is 11.5 Å². The van der Waals surface area contributed by atoms with Crippen molar-refractivity contribution < 1.29 is 9.90 Å². The number of likely N-dealkylation sites (N-methyl/N-ethyl adjacent to an activating group) is 1. The molecule has 1 rings (SSSR count). The van der Waals surface area contributed by atoms with Crippen LogP contribution in [0.3, 0.4) is 0 Å². The van der Waals surface area contributed by atoms with Gasteiger partial charge in [-0.25, -0.2) is 0 Å². The third kappa shape index (κ3) is 3.17. The first-order chi connectivity index (χ1) is 8.75. The van der Waals surface area contributed by atoms with Crippen molar-refractivity contribution in [2.45, 2.75) is 52.7 Å². The van der Waals surface area contributed by atoms with Crippen LogP contribution < -0.4 is 0 Å². The Labute approximate surface area is 122 Å². The Balaban J connectivity index is 3.05. The molecule has 0 unspecified atom stereocenters. The molecule has 0 saturated carbocycles. The molecule has 0 aliphatic carbocycles. The Morgan fingerprint density at radius 1 is 1.47 bits per heavy atom.